The molecule has 3 saturated carbocycles. The Morgan fingerprint density at radius 2 is 1.80 bits per heavy atom. The summed E-state index contributed by atoms with van der Waals surface area (Å²) in [6.07, 6.45) is 9.12. The second kappa shape index (κ2) is 11.3. The molecule has 35 heavy (non-hydrogen) atoms. The largest absolute Gasteiger partial charge is 0.393 e. The van der Waals surface area contributed by atoms with Crippen molar-refractivity contribution in [2.45, 2.75) is 123 Å². The van der Waals surface area contributed by atoms with Gasteiger partial charge < -0.3 is 20.2 Å². The Labute approximate surface area is 213 Å². The Kier molecular flexibility index (Phi) is 9.10. The topological polar surface area (TPSA) is 81.0 Å². The van der Waals surface area contributed by atoms with E-state index in [-0.39, 0.29) is 35.7 Å². The van der Waals surface area contributed by atoms with Crippen LogP contribution < -0.4 is 0 Å². The van der Waals surface area contributed by atoms with Crippen LogP contribution >= 0.6 is 0 Å². The van der Waals surface area contributed by atoms with Crippen LogP contribution in [0, 0.1) is 23.2 Å². The molecule has 0 aromatic heterocycles. The van der Waals surface area contributed by atoms with Crippen LogP contribution in [0.2, 0.25) is 0 Å². The SMILES string of the molecule is C=C1C(=CC=C2CCC[C@]3(C)[C@@H]([C@H](C)C(O)CC(=O)N(C(C)C)C(C)C)CC[C@@H]23)C[C@H](O)C[C@H]1O. The molecule has 3 aliphatic carbocycles. The number of aliphatic hydroxyl groups is 3. The summed E-state index contributed by atoms with van der Waals surface area (Å²) in [6, 6.07) is 0.252. The van der Waals surface area contributed by atoms with Crippen molar-refractivity contribution in [3.8, 4) is 0 Å². The van der Waals surface area contributed by atoms with Crippen LogP contribution in [0.25, 0.3) is 0 Å². The Bertz CT molecular complexity index is 835. The van der Waals surface area contributed by atoms with E-state index in [2.05, 4.69) is 32.6 Å². The molecule has 0 radical (unpaired) electrons. The highest BCUT2D eigenvalue weighted by atomic mass is 16.3. The van der Waals surface area contributed by atoms with E-state index in [0.29, 0.717) is 24.7 Å². The van der Waals surface area contributed by atoms with Crippen LogP contribution in [-0.4, -0.2) is 56.5 Å². The van der Waals surface area contributed by atoms with Gasteiger partial charge in [-0.05, 0) is 101 Å². The van der Waals surface area contributed by atoms with Crippen LogP contribution in [0.1, 0.15) is 92.9 Å². The summed E-state index contributed by atoms with van der Waals surface area (Å²) in [5.41, 5.74) is 3.24. The molecular weight excluding hydrogens is 438 g/mol. The Hall–Kier alpha value is -1.43. The maximum atomic E-state index is 13.0. The second-order valence-corrected chi connectivity index (χ2v) is 12.3. The summed E-state index contributed by atoms with van der Waals surface area (Å²) in [4.78, 5) is 14.9. The van der Waals surface area contributed by atoms with Gasteiger partial charge in [0.05, 0.1) is 24.7 Å². The summed E-state index contributed by atoms with van der Waals surface area (Å²) < 4.78 is 0. The minimum absolute atomic E-state index is 0.0435. The molecule has 5 nitrogen and oxygen atoms in total. The number of amides is 1. The number of fused-ring (bicyclic) bond motifs is 1. The van der Waals surface area contributed by atoms with Crippen molar-refractivity contribution in [3.05, 3.63) is 35.5 Å². The molecule has 198 valence electrons. The van der Waals surface area contributed by atoms with Crippen molar-refractivity contribution in [3.63, 3.8) is 0 Å². The average molecular weight is 488 g/mol. The van der Waals surface area contributed by atoms with E-state index in [4.69, 9.17) is 0 Å². The third-order valence-corrected chi connectivity index (χ3v) is 9.33. The van der Waals surface area contributed by atoms with E-state index < -0.39 is 18.3 Å². The van der Waals surface area contributed by atoms with Crippen molar-refractivity contribution < 1.29 is 20.1 Å². The molecule has 0 aromatic rings. The first-order chi connectivity index (χ1) is 16.4. The van der Waals surface area contributed by atoms with Gasteiger partial charge in [-0.2, -0.15) is 0 Å². The van der Waals surface area contributed by atoms with Crippen LogP contribution in [0.3, 0.4) is 0 Å². The van der Waals surface area contributed by atoms with E-state index in [1.165, 1.54) is 5.57 Å². The average Bonchev–Trinajstić information content (AvgIpc) is 3.11. The molecule has 5 heteroatoms. The number of carbonyl (C=O) groups excluding carboxylic acids is 1. The van der Waals surface area contributed by atoms with Gasteiger partial charge in [-0.15, -0.1) is 0 Å². The molecule has 0 heterocycles. The summed E-state index contributed by atoms with van der Waals surface area (Å²) in [5, 5.41) is 31.4. The van der Waals surface area contributed by atoms with E-state index in [0.717, 1.165) is 43.3 Å². The predicted molar refractivity (Wildman–Crippen MR) is 142 cm³/mol. The molecule has 1 unspecified atom stereocenters. The number of nitrogens with zero attached hydrogens (tertiary/aromatic N) is 1. The van der Waals surface area contributed by atoms with E-state index >= 15 is 0 Å². The maximum absolute atomic E-state index is 13.0. The molecule has 3 aliphatic rings. The number of hydrogen-bond donors (Lipinski definition) is 3. The Morgan fingerprint density at radius 3 is 2.43 bits per heavy atom. The fourth-order valence-electron chi connectivity index (χ4n) is 7.52. The number of rotatable bonds is 7. The van der Waals surface area contributed by atoms with Crippen molar-refractivity contribution in [1.29, 1.82) is 0 Å². The number of aliphatic hydroxyl groups excluding tert-OH is 3. The maximum Gasteiger partial charge on any atom is 0.225 e. The standard InChI is InChI=1S/C30H49NO4/c1-18(2)31(19(3)4)29(35)17-28(34)21(6)25-12-13-26-22(9-8-14-30(25,26)7)10-11-23-15-24(32)16-27(33)20(23)5/h10-11,18-19,21,24-28,32-34H,5,8-9,12-17H2,1-4,6-7H3/t21-,24-,25+,26-,27+,28?,30+/m0/s1. The van der Waals surface area contributed by atoms with Gasteiger partial charge in [0.2, 0.25) is 5.91 Å². The molecule has 0 aliphatic heterocycles. The number of carbonyl (C=O) groups is 1. The summed E-state index contributed by atoms with van der Waals surface area (Å²) in [5.74, 6) is 0.961. The molecule has 0 bridgehead atoms. The molecule has 3 N–H and O–H groups in total. The van der Waals surface area contributed by atoms with Crippen molar-refractivity contribution in [2.24, 2.45) is 23.2 Å². The normalized spacial score (nSPS) is 35.6. The van der Waals surface area contributed by atoms with E-state index in [9.17, 15) is 20.1 Å². The minimum atomic E-state index is -0.664. The fraction of sp³-hybridized carbons (Fsp3) is 0.767. The summed E-state index contributed by atoms with van der Waals surface area (Å²) in [6.45, 7) is 16.7. The predicted octanol–water partition coefficient (Wildman–Crippen LogP) is 5.16. The number of hydrogen-bond acceptors (Lipinski definition) is 4. The van der Waals surface area contributed by atoms with Gasteiger partial charge in [0.25, 0.3) is 0 Å². The highest BCUT2D eigenvalue weighted by Crippen LogP contribution is 2.60. The lowest BCUT2D eigenvalue weighted by atomic mass is 9.60. The van der Waals surface area contributed by atoms with Gasteiger partial charge in [-0.3, -0.25) is 4.79 Å². The lowest BCUT2D eigenvalue weighted by molar-refractivity contribution is -0.138. The molecule has 1 amide bonds. The molecular formula is C30H49NO4. The van der Waals surface area contributed by atoms with E-state index in [1.54, 1.807) is 0 Å². The zero-order valence-corrected chi connectivity index (χ0v) is 22.8. The van der Waals surface area contributed by atoms with Crippen LogP contribution in [-0.2, 0) is 4.79 Å². The molecule has 0 spiro atoms. The smallest absolute Gasteiger partial charge is 0.225 e. The van der Waals surface area contributed by atoms with Crippen molar-refractivity contribution >= 4 is 5.91 Å². The summed E-state index contributed by atoms with van der Waals surface area (Å²) >= 11 is 0. The van der Waals surface area contributed by atoms with Crippen LogP contribution in [0.4, 0.5) is 0 Å². The summed E-state index contributed by atoms with van der Waals surface area (Å²) in [7, 11) is 0. The van der Waals surface area contributed by atoms with Gasteiger partial charge >= 0.3 is 0 Å². The van der Waals surface area contributed by atoms with Crippen molar-refractivity contribution in [2.75, 3.05) is 0 Å². The zero-order valence-electron chi connectivity index (χ0n) is 22.8. The first-order valence-corrected chi connectivity index (χ1v) is 13.8. The lowest BCUT2D eigenvalue weighted by Crippen LogP contribution is -2.45. The monoisotopic (exact) mass is 487 g/mol. The zero-order chi connectivity index (χ0) is 26.1. The minimum Gasteiger partial charge on any atom is -0.393 e. The van der Waals surface area contributed by atoms with E-state index in [1.807, 2.05) is 32.6 Å². The molecule has 3 fully saturated rings. The van der Waals surface area contributed by atoms with Gasteiger partial charge in [-0.25, -0.2) is 0 Å². The Balaban J connectivity index is 1.74. The second-order valence-electron chi connectivity index (χ2n) is 12.3. The van der Waals surface area contributed by atoms with Crippen LogP contribution in [0.5, 0.6) is 0 Å². The molecule has 0 aromatic carbocycles. The third kappa shape index (κ3) is 5.94. The molecule has 3 rings (SSSR count). The van der Waals surface area contributed by atoms with Crippen molar-refractivity contribution in [1.82, 2.24) is 4.90 Å². The van der Waals surface area contributed by atoms with Gasteiger partial charge in [0, 0.05) is 18.5 Å². The van der Waals surface area contributed by atoms with Gasteiger partial charge in [0.1, 0.15) is 0 Å². The Morgan fingerprint density at radius 1 is 1.14 bits per heavy atom. The highest BCUT2D eigenvalue weighted by molar-refractivity contribution is 5.77. The first-order valence-electron chi connectivity index (χ1n) is 13.8. The van der Waals surface area contributed by atoms with Crippen LogP contribution in [0.15, 0.2) is 35.5 Å². The van der Waals surface area contributed by atoms with Gasteiger partial charge in [0.15, 0.2) is 0 Å². The third-order valence-electron chi connectivity index (χ3n) is 9.33. The fourth-order valence-corrected chi connectivity index (χ4v) is 7.52. The quantitative estimate of drug-likeness (QED) is 0.463. The lowest BCUT2D eigenvalue weighted by Gasteiger charge is -2.45. The molecule has 0 saturated heterocycles. The number of allylic oxidation sites excluding steroid dienone is 3. The first kappa shape index (κ1) is 28.1. The van der Waals surface area contributed by atoms with Gasteiger partial charge in [-0.1, -0.05) is 38.2 Å². The highest BCUT2D eigenvalue weighted by Gasteiger charge is 2.51. The molecule has 7 atom stereocenters.